The van der Waals surface area contributed by atoms with Gasteiger partial charge in [0.25, 0.3) is 0 Å². The third-order valence-electron chi connectivity index (χ3n) is 14.0. The number of carbonyl (C=O) groups is 6. The number of allylic oxidation sites excluding steroid dienone is 5. The molecule has 1 aromatic carbocycles. The van der Waals surface area contributed by atoms with E-state index >= 15 is 0 Å². The van der Waals surface area contributed by atoms with Crippen molar-refractivity contribution in [2.75, 3.05) is 99.2 Å². The number of nitrogens with one attached hydrogen (secondary N) is 3. The number of methoxy groups -OCH3 is 2. The van der Waals surface area contributed by atoms with Crippen molar-refractivity contribution in [2.45, 2.75) is 140 Å². The van der Waals surface area contributed by atoms with Crippen molar-refractivity contribution in [3.05, 3.63) is 58.7 Å². The van der Waals surface area contributed by atoms with Crippen LogP contribution in [0.3, 0.4) is 0 Å². The molecule has 0 spiro atoms. The first-order valence-electron chi connectivity index (χ1n) is 26.9. The van der Waals surface area contributed by atoms with E-state index in [-0.39, 0.29) is 68.4 Å². The van der Waals surface area contributed by atoms with E-state index in [1.165, 1.54) is 38.0 Å². The quantitative estimate of drug-likeness (QED) is 0.0327. The molecule has 1 aliphatic carbocycles. The van der Waals surface area contributed by atoms with Gasteiger partial charge in [0.2, 0.25) is 17.7 Å². The Bertz CT molecular complexity index is 2230. The molecular formula is C55H82ClN5O17. The first kappa shape index (κ1) is 63.5. The Balaban J connectivity index is 1.01. The Morgan fingerprint density at radius 1 is 0.923 bits per heavy atom. The monoisotopic (exact) mass is 1120 g/mol. The van der Waals surface area contributed by atoms with Crippen LogP contribution in [0.2, 0.25) is 5.02 Å². The molecule has 5 rings (SSSR count). The number of epoxide rings is 1. The Hall–Kier alpha value is -5.33. The van der Waals surface area contributed by atoms with Crippen LogP contribution in [0.4, 0.5) is 15.3 Å². The van der Waals surface area contributed by atoms with Gasteiger partial charge in [0.15, 0.2) is 5.72 Å². The molecule has 4 N–H and O–H groups in total. The molecule has 2 fully saturated rings. The molecule has 2 unspecified atom stereocenters. The number of halogens is 1. The predicted octanol–water partition coefficient (Wildman–Crippen LogP) is 5.09. The molecule has 9 atom stereocenters. The van der Waals surface area contributed by atoms with Crippen LogP contribution >= 0.6 is 11.6 Å². The smallest absolute Gasteiger partial charge is 0.409 e. The van der Waals surface area contributed by atoms with Gasteiger partial charge in [-0.25, -0.2) is 14.4 Å². The molecule has 3 aliphatic heterocycles. The Labute approximate surface area is 463 Å². The summed E-state index contributed by atoms with van der Waals surface area (Å²) in [5.41, 5.74) is 0.191. The number of hydrogen-bond acceptors (Lipinski definition) is 17. The van der Waals surface area contributed by atoms with E-state index in [9.17, 15) is 33.9 Å². The maximum absolute atomic E-state index is 14.2. The fourth-order valence-electron chi connectivity index (χ4n) is 9.17. The van der Waals surface area contributed by atoms with Crippen LogP contribution in [0.15, 0.2) is 48.1 Å². The Morgan fingerprint density at radius 3 is 2.32 bits per heavy atom. The summed E-state index contributed by atoms with van der Waals surface area (Å²) < 4.78 is 56.6. The number of rotatable bonds is 25. The number of ether oxygens (including phenoxy) is 10. The number of benzene rings is 1. The molecule has 4 aliphatic rings. The number of aliphatic hydroxyl groups is 1. The maximum Gasteiger partial charge on any atom is 0.409 e. The molecule has 22 nitrogen and oxygen atoms in total. The molecule has 5 amide bonds. The molecule has 23 heteroatoms. The molecule has 436 valence electrons. The Kier molecular flexibility index (Phi) is 26.6. The fourth-order valence-corrected chi connectivity index (χ4v) is 9.48. The number of hydrogen-bond donors (Lipinski definition) is 4. The number of fused-ring (bicyclic) bond motifs is 5. The molecule has 1 aromatic rings. The lowest BCUT2D eigenvalue weighted by atomic mass is 9.87. The number of alkyl carbamates (subject to hydrolysis) is 2. The van der Waals surface area contributed by atoms with Crippen LogP contribution < -0.4 is 25.6 Å². The number of likely N-dealkylation sites (N-methyl/N-ethyl adjacent to an activating group) is 1. The van der Waals surface area contributed by atoms with E-state index in [1.807, 2.05) is 13.0 Å². The molecule has 4 bridgehead atoms. The Morgan fingerprint density at radius 2 is 1.62 bits per heavy atom. The van der Waals surface area contributed by atoms with Gasteiger partial charge in [-0.05, 0) is 76.5 Å². The lowest BCUT2D eigenvalue weighted by molar-refractivity contribution is -0.159. The van der Waals surface area contributed by atoms with Crippen LogP contribution in [0, 0.1) is 5.92 Å². The molecule has 0 radical (unpaired) electrons. The largest absolute Gasteiger partial charge is 0.495 e. The van der Waals surface area contributed by atoms with Crippen LogP contribution in [-0.2, 0) is 68.2 Å². The van der Waals surface area contributed by atoms with Crippen LogP contribution in [0.5, 0.6) is 5.75 Å². The summed E-state index contributed by atoms with van der Waals surface area (Å²) in [7, 11) is 5.91. The summed E-state index contributed by atoms with van der Waals surface area (Å²) in [4.78, 5) is 81.4. The van der Waals surface area contributed by atoms with Crippen molar-refractivity contribution in [2.24, 2.45) is 5.92 Å². The summed E-state index contributed by atoms with van der Waals surface area (Å²) >= 11 is 6.78. The summed E-state index contributed by atoms with van der Waals surface area (Å²) in [6.07, 6.45) is 8.79. The SMILES string of the molecule is COc1cc2cc(c1Cl)N(C)C(=O)C[C@H](OC(=O)[C@H](C)N(C)C(=O)CCCNC(=O)CCOCCOCCOCCOCCNC(=O)OC1CC/C=C/CCC1)C1O[C@H]1[C@H](C)[C@@H]1C[C@@](O)(NC(=O)O1)[C@H](OC)/C=C/C=C(\C)C2. The zero-order chi connectivity index (χ0) is 56.6. The molecule has 0 aromatic heterocycles. The fraction of sp³-hybridized carbons (Fsp3) is 0.673. The number of nitrogens with zero attached hydrogens (tertiary/aromatic N) is 2. The van der Waals surface area contributed by atoms with Gasteiger partial charge in [0.05, 0.1) is 78.2 Å². The maximum atomic E-state index is 14.2. The first-order valence-corrected chi connectivity index (χ1v) is 27.3. The van der Waals surface area contributed by atoms with Crippen LogP contribution in [0.25, 0.3) is 0 Å². The van der Waals surface area contributed by atoms with E-state index in [4.69, 9.17) is 59.0 Å². The summed E-state index contributed by atoms with van der Waals surface area (Å²) in [6.45, 7) is 8.38. The second-order valence-corrected chi connectivity index (χ2v) is 20.3. The predicted molar refractivity (Wildman–Crippen MR) is 287 cm³/mol. The average Bonchev–Trinajstić information content (AvgIpc) is 4.25. The summed E-state index contributed by atoms with van der Waals surface area (Å²) in [5.74, 6) is -2.08. The lowest BCUT2D eigenvalue weighted by Gasteiger charge is -2.41. The van der Waals surface area contributed by atoms with Gasteiger partial charge in [-0.1, -0.05) is 54.5 Å². The zero-order valence-corrected chi connectivity index (χ0v) is 47.0. The van der Waals surface area contributed by atoms with Crippen molar-refractivity contribution in [1.29, 1.82) is 0 Å². The van der Waals surface area contributed by atoms with Gasteiger partial charge in [0, 0.05) is 59.5 Å². The van der Waals surface area contributed by atoms with Gasteiger partial charge < -0.3 is 72.9 Å². The van der Waals surface area contributed by atoms with E-state index in [0.29, 0.717) is 70.5 Å². The standard InChI is InChI=1S/C55H82ClN5O17/c1-36-15-13-18-45(70-7)55(68)35-44(77-54(67)59-55)37(2)50-51(78-50)43(34-48(64)61(5)41-32-39(31-36)33-42(69-6)49(41)56)76-52(65)38(3)60(4)47(63)19-14-21-57-46(62)20-23-71-25-27-73-29-30-74-28-26-72-24-22-58-53(66)75-40-16-11-9-8-10-12-17-40/h8-9,13,15,18,32-33,37-38,40,43-45,50-51,68H,10-12,14,16-17,19-31,34-35H2,1-7H3,(H,57,62)(H,58,66)(H,59,67)/b9-8+,18-13+,36-15+/t37-,38+,40?,43+,44+,45-,50+,51?,55+/m1/s1. The normalized spacial score (nSPS) is 26.4. The molecule has 78 heavy (non-hydrogen) atoms. The van der Waals surface area contributed by atoms with Crippen molar-refractivity contribution in [3.8, 4) is 5.75 Å². The van der Waals surface area contributed by atoms with Gasteiger partial charge in [-0.2, -0.15) is 0 Å². The number of anilines is 1. The van der Waals surface area contributed by atoms with E-state index < -0.39 is 72.3 Å². The number of amides is 5. The second-order valence-electron chi connectivity index (χ2n) is 19.9. The van der Waals surface area contributed by atoms with Crippen molar-refractivity contribution < 1.29 is 81.2 Å². The van der Waals surface area contributed by atoms with Crippen LogP contribution in [0.1, 0.15) is 90.5 Å². The van der Waals surface area contributed by atoms with Crippen molar-refractivity contribution >= 4 is 53.2 Å². The first-order chi connectivity index (χ1) is 37.4. The summed E-state index contributed by atoms with van der Waals surface area (Å²) in [6, 6.07) is 2.47. The molecular weight excluding hydrogens is 1040 g/mol. The van der Waals surface area contributed by atoms with Crippen molar-refractivity contribution in [3.63, 3.8) is 0 Å². The molecule has 2 saturated heterocycles. The van der Waals surface area contributed by atoms with Gasteiger partial charge in [-0.3, -0.25) is 19.7 Å². The van der Waals surface area contributed by atoms with Crippen molar-refractivity contribution in [1.82, 2.24) is 20.9 Å². The topological polar surface area (TPSA) is 261 Å². The minimum absolute atomic E-state index is 0.0189. The number of carbonyl (C=O) groups excluding carboxylic acids is 6. The second kappa shape index (κ2) is 32.7. The third kappa shape index (κ3) is 20.4. The van der Waals surface area contributed by atoms with Gasteiger partial charge in [0.1, 0.15) is 47.3 Å². The lowest BCUT2D eigenvalue weighted by Crippen LogP contribution is -2.63. The zero-order valence-electron chi connectivity index (χ0n) is 46.3. The molecule has 3 heterocycles. The van der Waals surface area contributed by atoms with E-state index in [0.717, 1.165) is 43.2 Å². The molecule has 0 saturated carbocycles. The van der Waals surface area contributed by atoms with E-state index in [1.54, 1.807) is 38.3 Å². The minimum Gasteiger partial charge on any atom is -0.495 e. The highest BCUT2D eigenvalue weighted by molar-refractivity contribution is 6.35. The highest BCUT2D eigenvalue weighted by atomic mass is 35.5. The third-order valence-corrected chi connectivity index (χ3v) is 14.4. The highest BCUT2D eigenvalue weighted by Gasteiger charge is 2.56. The van der Waals surface area contributed by atoms with Gasteiger partial charge >= 0.3 is 18.2 Å². The highest BCUT2D eigenvalue weighted by Crippen LogP contribution is 2.42. The van der Waals surface area contributed by atoms with E-state index in [2.05, 4.69) is 28.1 Å². The minimum atomic E-state index is -1.86. The number of esters is 1. The summed E-state index contributed by atoms with van der Waals surface area (Å²) in [5, 5.41) is 20.0. The average molecular weight is 1120 g/mol. The van der Waals surface area contributed by atoms with Crippen LogP contribution in [-0.4, -0.2) is 189 Å². The van der Waals surface area contributed by atoms with Gasteiger partial charge in [-0.15, -0.1) is 0 Å².